The first-order valence-corrected chi connectivity index (χ1v) is 3.60. The van der Waals surface area contributed by atoms with Crippen molar-refractivity contribution in [3.8, 4) is 0 Å². The molecule has 11 heavy (non-hydrogen) atoms. The number of rotatable bonds is 4. The predicted molar refractivity (Wildman–Crippen MR) is 46.4 cm³/mol. The molecular weight excluding hydrogens is 341 g/mol. The quantitative estimate of drug-likeness (QED) is 0.706. The molecule has 0 aromatic heterocycles. The molecule has 0 saturated carbocycles. The van der Waals surface area contributed by atoms with E-state index < -0.39 is 6.16 Å². The van der Waals surface area contributed by atoms with E-state index in [2.05, 4.69) is 9.47 Å². The van der Waals surface area contributed by atoms with Gasteiger partial charge >= 0.3 is 32.7 Å². The third-order valence-electron chi connectivity index (χ3n) is 0.848. The summed E-state index contributed by atoms with van der Waals surface area (Å²) in [5.74, 6) is 0. The van der Waals surface area contributed by atoms with Crippen LogP contribution >= 0.6 is 0 Å². The normalized spacial score (nSPS) is 8.18. The molecule has 68 valence electrons. The Kier molecular flexibility index (Phi) is 12.7. The second-order valence-corrected chi connectivity index (χ2v) is 1.95. The Bertz CT molecular complexity index is 85.7. The molecule has 0 N–H and O–H groups in total. The summed E-state index contributed by atoms with van der Waals surface area (Å²) in [5, 5.41) is 0. The molecular formula is C7H16O3Po. The van der Waals surface area contributed by atoms with Crippen molar-refractivity contribution in [3.05, 3.63) is 0 Å². The van der Waals surface area contributed by atoms with Crippen LogP contribution in [0.4, 0.5) is 4.79 Å². The van der Waals surface area contributed by atoms with E-state index in [0.29, 0.717) is 13.2 Å². The van der Waals surface area contributed by atoms with Crippen molar-refractivity contribution in [1.82, 2.24) is 0 Å². The summed E-state index contributed by atoms with van der Waals surface area (Å²) in [6.07, 6.45) is 1.12. The molecule has 0 aliphatic heterocycles. The van der Waals surface area contributed by atoms with E-state index in [0.717, 1.165) is 12.8 Å². The van der Waals surface area contributed by atoms with Crippen LogP contribution in [0.1, 0.15) is 26.7 Å². The second-order valence-electron chi connectivity index (χ2n) is 1.95. The Morgan fingerprint density at radius 1 is 1.09 bits per heavy atom. The minimum atomic E-state index is -0.552. The molecule has 0 aliphatic carbocycles. The van der Waals surface area contributed by atoms with Crippen LogP contribution in [0, 0.1) is 0 Å². The first-order valence-electron chi connectivity index (χ1n) is 3.60. The number of carbonyl (C=O) groups is 1. The summed E-state index contributed by atoms with van der Waals surface area (Å²) in [6, 6.07) is 0. The summed E-state index contributed by atoms with van der Waals surface area (Å²) >= 11 is 0. The molecule has 0 bridgehead atoms. The Morgan fingerprint density at radius 2 is 1.45 bits per heavy atom. The van der Waals surface area contributed by atoms with Crippen molar-refractivity contribution in [2.45, 2.75) is 26.7 Å². The maximum absolute atomic E-state index is 10.5. The zero-order valence-electron chi connectivity index (χ0n) is 7.05. The van der Waals surface area contributed by atoms with Crippen LogP contribution in [0.3, 0.4) is 0 Å². The van der Waals surface area contributed by atoms with Gasteiger partial charge in [0.05, 0.1) is 13.2 Å². The molecule has 0 rings (SSSR count). The van der Waals surface area contributed by atoms with Gasteiger partial charge in [-0.3, -0.25) is 0 Å². The first kappa shape index (κ1) is 13.7. The van der Waals surface area contributed by atoms with Crippen molar-refractivity contribution in [3.63, 3.8) is 0 Å². The second kappa shape index (κ2) is 10.2. The summed E-state index contributed by atoms with van der Waals surface area (Å²) in [5.41, 5.74) is 0. The van der Waals surface area contributed by atoms with Crippen molar-refractivity contribution in [2.75, 3.05) is 13.2 Å². The van der Waals surface area contributed by atoms with Crippen LogP contribution in [-0.2, 0) is 9.47 Å². The summed E-state index contributed by atoms with van der Waals surface area (Å²) in [7, 11) is 0. The van der Waals surface area contributed by atoms with Crippen molar-refractivity contribution < 1.29 is 14.3 Å². The van der Waals surface area contributed by atoms with Gasteiger partial charge in [-0.05, 0) is 12.8 Å². The molecule has 0 unspecified atom stereocenters. The Morgan fingerprint density at radius 3 is 1.73 bits per heavy atom. The van der Waals surface area contributed by atoms with Crippen LogP contribution in [0.2, 0.25) is 0 Å². The third-order valence-corrected chi connectivity index (χ3v) is 0.848. The number of hydrogen-bond donors (Lipinski definition) is 0. The molecule has 0 aromatic rings. The SMILES string of the molecule is CCCOC(=O)OCCC.[PoH2]. The number of carbonyl (C=O) groups excluding carboxylic acids is 1. The fourth-order valence-electron chi connectivity index (χ4n) is 0.412. The maximum atomic E-state index is 10.5. The van der Waals surface area contributed by atoms with Crippen LogP contribution in [0.15, 0.2) is 0 Å². The average molecular weight is 357 g/mol. The zero-order valence-corrected chi connectivity index (χ0v) is 10.9. The van der Waals surface area contributed by atoms with E-state index in [4.69, 9.17) is 0 Å². The van der Waals surface area contributed by atoms with Gasteiger partial charge in [0, 0.05) is 0 Å². The van der Waals surface area contributed by atoms with Crippen molar-refractivity contribution in [1.29, 1.82) is 0 Å². The topological polar surface area (TPSA) is 35.5 Å². The van der Waals surface area contributed by atoms with Crippen LogP contribution in [0.25, 0.3) is 0 Å². The monoisotopic (exact) mass is 357 g/mol. The Hall–Kier alpha value is 0.166. The van der Waals surface area contributed by atoms with Gasteiger partial charge in [0.2, 0.25) is 0 Å². The van der Waals surface area contributed by atoms with Gasteiger partial charge < -0.3 is 9.47 Å². The summed E-state index contributed by atoms with van der Waals surface area (Å²) in [4.78, 5) is 10.5. The molecule has 0 radical (unpaired) electrons. The Balaban J connectivity index is 0. The van der Waals surface area contributed by atoms with Gasteiger partial charge in [0.1, 0.15) is 0 Å². The molecule has 0 aromatic carbocycles. The van der Waals surface area contributed by atoms with Crippen molar-refractivity contribution >= 4 is 32.7 Å². The molecule has 0 atom stereocenters. The third kappa shape index (κ3) is 10.2. The summed E-state index contributed by atoms with van der Waals surface area (Å²) < 4.78 is 9.26. The van der Waals surface area contributed by atoms with E-state index >= 15 is 0 Å². The number of hydrogen-bond acceptors (Lipinski definition) is 3. The summed E-state index contributed by atoms with van der Waals surface area (Å²) in [6.45, 7) is 4.77. The van der Waals surface area contributed by atoms with E-state index in [1.165, 1.54) is 0 Å². The minimum absolute atomic E-state index is 0. The van der Waals surface area contributed by atoms with Crippen molar-refractivity contribution in [2.24, 2.45) is 0 Å². The van der Waals surface area contributed by atoms with Crippen LogP contribution < -0.4 is 0 Å². The molecule has 0 saturated heterocycles. The van der Waals surface area contributed by atoms with Gasteiger partial charge in [-0.2, -0.15) is 0 Å². The molecule has 4 heteroatoms. The Labute approximate surface area is 86.9 Å². The fraction of sp³-hybridized carbons (Fsp3) is 0.857. The van der Waals surface area contributed by atoms with E-state index in [1.807, 2.05) is 13.8 Å². The van der Waals surface area contributed by atoms with E-state index in [9.17, 15) is 4.79 Å². The van der Waals surface area contributed by atoms with E-state index in [-0.39, 0.29) is 26.6 Å². The molecule has 0 spiro atoms. The van der Waals surface area contributed by atoms with E-state index in [1.54, 1.807) is 0 Å². The fourth-order valence-corrected chi connectivity index (χ4v) is 0.412. The van der Waals surface area contributed by atoms with Gasteiger partial charge in [0.25, 0.3) is 0 Å². The predicted octanol–water partition coefficient (Wildman–Crippen LogP) is 1.04. The average Bonchev–Trinajstić information content (AvgIpc) is 1.97. The van der Waals surface area contributed by atoms with Gasteiger partial charge in [-0.15, -0.1) is 0 Å². The van der Waals surface area contributed by atoms with Crippen LogP contribution in [0.5, 0.6) is 0 Å². The molecule has 0 heterocycles. The molecule has 3 nitrogen and oxygen atoms in total. The zero-order chi connectivity index (χ0) is 7.82. The van der Waals surface area contributed by atoms with Gasteiger partial charge in [0.15, 0.2) is 0 Å². The van der Waals surface area contributed by atoms with Gasteiger partial charge in [-0.1, -0.05) is 13.8 Å². The number of ether oxygens (including phenoxy) is 2. The van der Waals surface area contributed by atoms with Gasteiger partial charge in [-0.25, -0.2) is 4.79 Å². The molecule has 0 aliphatic rings. The van der Waals surface area contributed by atoms with Crippen LogP contribution in [-0.4, -0.2) is 45.9 Å². The molecule has 0 fully saturated rings. The first-order chi connectivity index (χ1) is 4.81. The standard InChI is InChI=1S/C7H14O3.Po.2H/c1-3-5-9-7(8)10-6-4-2;;;/h3-6H2,1-2H3;;;. The molecule has 0 amide bonds.